The van der Waals surface area contributed by atoms with Crippen molar-refractivity contribution in [3.05, 3.63) is 58.7 Å². The van der Waals surface area contributed by atoms with Gasteiger partial charge in [-0.15, -0.1) is 0 Å². The molecule has 1 amide bonds. The lowest BCUT2D eigenvalue weighted by Crippen LogP contribution is -2.49. The summed E-state index contributed by atoms with van der Waals surface area (Å²) in [5.41, 5.74) is 4.67. The molecule has 3 atom stereocenters. The van der Waals surface area contributed by atoms with Crippen LogP contribution in [0.3, 0.4) is 0 Å². The van der Waals surface area contributed by atoms with E-state index in [1.807, 2.05) is 19.1 Å². The van der Waals surface area contributed by atoms with Gasteiger partial charge in [0.05, 0.1) is 6.61 Å². The highest BCUT2D eigenvalue weighted by atomic mass is 17.2. The summed E-state index contributed by atoms with van der Waals surface area (Å²) < 4.78 is 0. The van der Waals surface area contributed by atoms with E-state index in [2.05, 4.69) is 65.1 Å². The zero-order chi connectivity index (χ0) is 22.5. The first-order chi connectivity index (χ1) is 14.0. The van der Waals surface area contributed by atoms with Gasteiger partial charge < -0.3 is 5.32 Å². The number of likely N-dealkylation sites (N-methyl/N-ethyl adjacent to an activating group) is 1. The largest absolute Gasteiger partial charge is 0.356 e. The monoisotopic (exact) mass is 413 g/mol. The van der Waals surface area contributed by atoms with Crippen LogP contribution in [-0.4, -0.2) is 25.2 Å². The van der Waals surface area contributed by atoms with Crippen LogP contribution in [0.15, 0.2) is 58.7 Å². The normalized spacial score (nSPS) is 30.5. The molecule has 166 valence electrons. The molecule has 0 aromatic carbocycles. The fourth-order valence-electron chi connectivity index (χ4n) is 4.82. The lowest BCUT2D eigenvalue weighted by molar-refractivity contribution is -0.324. The van der Waals surface area contributed by atoms with Crippen LogP contribution in [0.25, 0.3) is 0 Å². The third-order valence-electron chi connectivity index (χ3n) is 6.90. The quantitative estimate of drug-likeness (QED) is 0.338. The second kappa shape index (κ2) is 9.93. The van der Waals surface area contributed by atoms with E-state index in [1.165, 1.54) is 11.1 Å². The van der Waals surface area contributed by atoms with Gasteiger partial charge in [-0.25, -0.2) is 9.78 Å². The predicted octanol–water partition coefficient (Wildman–Crippen LogP) is 5.85. The molecule has 1 fully saturated rings. The van der Waals surface area contributed by atoms with Gasteiger partial charge >= 0.3 is 0 Å². The molecule has 1 saturated heterocycles. The van der Waals surface area contributed by atoms with Gasteiger partial charge in [-0.05, 0) is 57.1 Å². The molecule has 0 aromatic rings. The van der Waals surface area contributed by atoms with Gasteiger partial charge in [-0.2, -0.15) is 0 Å². The SMILES string of the molecule is CNC(=O)/C=C(C)/C=C/C=C(C)/C=C/C1=C(C)CCC(C2(C)OOCC2C)C1(C)C. The number of rotatable bonds is 6. The molecular formula is C26H39NO3. The summed E-state index contributed by atoms with van der Waals surface area (Å²) in [6.45, 7) is 16.0. The first kappa shape index (κ1) is 24.4. The average molecular weight is 414 g/mol. The van der Waals surface area contributed by atoms with Crippen LogP contribution in [0.5, 0.6) is 0 Å². The Morgan fingerprint density at radius 1 is 1.17 bits per heavy atom. The van der Waals surface area contributed by atoms with E-state index in [0.29, 0.717) is 18.4 Å². The lowest BCUT2D eigenvalue weighted by atomic mass is 9.58. The second-order valence-electron chi connectivity index (χ2n) is 9.57. The predicted molar refractivity (Wildman–Crippen MR) is 124 cm³/mol. The molecule has 2 aliphatic rings. The molecule has 1 heterocycles. The Labute approximate surface area is 182 Å². The summed E-state index contributed by atoms with van der Waals surface area (Å²) >= 11 is 0. The fraction of sp³-hybridized carbons (Fsp3) is 0.577. The maximum atomic E-state index is 11.4. The Bertz CT molecular complexity index is 797. The fourth-order valence-corrected chi connectivity index (χ4v) is 4.82. The number of carbonyl (C=O) groups is 1. The number of nitrogens with one attached hydrogen (secondary N) is 1. The van der Waals surface area contributed by atoms with Crippen LogP contribution in [-0.2, 0) is 14.6 Å². The van der Waals surface area contributed by atoms with E-state index in [1.54, 1.807) is 13.1 Å². The highest BCUT2D eigenvalue weighted by Gasteiger charge is 2.53. The van der Waals surface area contributed by atoms with Gasteiger partial charge in [-0.1, -0.05) is 62.3 Å². The van der Waals surface area contributed by atoms with Crippen molar-refractivity contribution in [3.8, 4) is 0 Å². The summed E-state index contributed by atoms with van der Waals surface area (Å²) in [5.74, 6) is 0.685. The van der Waals surface area contributed by atoms with Crippen molar-refractivity contribution in [1.29, 1.82) is 0 Å². The first-order valence-corrected chi connectivity index (χ1v) is 11.0. The zero-order valence-electron chi connectivity index (χ0n) is 20.0. The number of carbonyl (C=O) groups excluding carboxylic acids is 1. The maximum absolute atomic E-state index is 11.4. The standard InChI is InChI=1S/C26H39NO3/c1-18(10-9-11-19(2)16-24(28)27-8)12-14-22-20(3)13-15-23(25(22,5)6)26(7)21(4)17-29-30-26/h9-12,14,16,21,23H,13,15,17H2,1-8H3,(H,27,28)/b11-9+,14-12+,18-10+,19-16+. The lowest BCUT2D eigenvalue weighted by Gasteiger charge is -2.48. The summed E-state index contributed by atoms with van der Waals surface area (Å²) in [6.07, 6.45) is 14.2. The van der Waals surface area contributed by atoms with Crippen molar-refractivity contribution >= 4 is 5.91 Å². The van der Waals surface area contributed by atoms with Crippen LogP contribution < -0.4 is 5.32 Å². The van der Waals surface area contributed by atoms with Crippen molar-refractivity contribution in [2.75, 3.05) is 13.7 Å². The smallest absolute Gasteiger partial charge is 0.243 e. The summed E-state index contributed by atoms with van der Waals surface area (Å²) in [7, 11) is 1.63. The summed E-state index contributed by atoms with van der Waals surface area (Å²) in [4.78, 5) is 22.6. The third kappa shape index (κ3) is 5.41. The number of hydrogen-bond donors (Lipinski definition) is 1. The average Bonchev–Trinajstić information content (AvgIpc) is 2.99. The molecule has 0 saturated carbocycles. The summed E-state index contributed by atoms with van der Waals surface area (Å²) in [6, 6.07) is 0. The Morgan fingerprint density at radius 3 is 2.47 bits per heavy atom. The Hall–Kier alpha value is -1.91. The minimum absolute atomic E-state index is 0.00149. The summed E-state index contributed by atoms with van der Waals surface area (Å²) in [5, 5.41) is 2.59. The third-order valence-corrected chi connectivity index (χ3v) is 6.90. The minimum Gasteiger partial charge on any atom is -0.356 e. The van der Waals surface area contributed by atoms with Gasteiger partial charge in [-0.3, -0.25) is 4.79 Å². The van der Waals surface area contributed by atoms with Gasteiger partial charge in [0.2, 0.25) is 5.91 Å². The molecule has 1 N–H and O–H groups in total. The van der Waals surface area contributed by atoms with E-state index < -0.39 is 0 Å². The molecule has 2 rings (SSSR count). The van der Waals surface area contributed by atoms with Gasteiger partial charge in [0.25, 0.3) is 0 Å². The van der Waals surface area contributed by atoms with Crippen LogP contribution in [0, 0.1) is 17.3 Å². The van der Waals surface area contributed by atoms with Crippen LogP contribution in [0.1, 0.15) is 61.3 Å². The minimum atomic E-state index is -0.258. The Balaban J connectivity index is 2.18. The van der Waals surface area contributed by atoms with Gasteiger partial charge in [0.15, 0.2) is 0 Å². The Morgan fingerprint density at radius 2 is 1.87 bits per heavy atom. The van der Waals surface area contributed by atoms with E-state index in [0.717, 1.165) is 24.0 Å². The Kier molecular flexibility index (Phi) is 8.06. The molecule has 0 aromatic heterocycles. The second-order valence-corrected chi connectivity index (χ2v) is 9.57. The van der Waals surface area contributed by atoms with E-state index in [9.17, 15) is 4.79 Å². The molecule has 3 unspecified atom stereocenters. The molecular weight excluding hydrogens is 374 g/mol. The molecule has 4 heteroatoms. The number of amides is 1. The molecule has 1 aliphatic heterocycles. The topological polar surface area (TPSA) is 47.6 Å². The zero-order valence-corrected chi connectivity index (χ0v) is 20.0. The van der Waals surface area contributed by atoms with Crippen molar-refractivity contribution in [1.82, 2.24) is 5.32 Å². The van der Waals surface area contributed by atoms with Gasteiger partial charge in [0.1, 0.15) is 5.60 Å². The van der Waals surface area contributed by atoms with E-state index in [-0.39, 0.29) is 16.9 Å². The van der Waals surface area contributed by atoms with E-state index >= 15 is 0 Å². The number of hydrogen-bond acceptors (Lipinski definition) is 3. The van der Waals surface area contributed by atoms with E-state index in [4.69, 9.17) is 9.78 Å². The molecule has 0 spiro atoms. The van der Waals surface area contributed by atoms with Crippen LogP contribution in [0.2, 0.25) is 0 Å². The van der Waals surface area contributed by atoms with Crippen molar-refractivity contribution in [2.24, 2.45) is 17.3 Å². The van der Waals surface area contributed by atoms with Crippen molar-refractivity contribution in [2.45, 2.75) is 66.9 Å². The first-order valence-electron chi connectivity index (χ1n) is 11.0. The molecule has 0 bridgehead atoms. The molecule has 4 nitrogen and oxygen atoms in total. The van der Waals surface area contributed by atoms with Gasteiger partial charge in [0, 0.05) is 25.0 Å². The maximum Gasteiger partial charge on any atom is 0.243 e. The molecule has 0 radical (unpaired) electrons. The highest BCUT2D eigenvalue weighted by Crippen LogP contribution is 2.54. The highest BCUT2D eigenvalue weighted by molar-refractivity contribution is 5.88. The molecule has 30 heavy (non-hydrogen) atoms. The van der Waals surface area contributed by atoms with Crippen LogP contribution >= 0.6 is 0 Å². The van der Waals surface area contributed by atoms with Crippen LogP contribution in [0.4, 0.5) is 0 Å². The van der Waals surface area contributed by atoms with Crippen molar-refractivity contribution < 1.29 is 14.6 Å². The van der Waals surface area contributed by atoms with Crippen molar-refractivity contribution in [3.63, 3.8) is 0 Å². The molecule has 1 aliphatic carbocycles. The number of allylic oxidation sites excluding steroid dienone is 9.